The molecule has 0 amide bonds. The van der Waals surface area contributed by atoms with E-state index >= 15 is 0 Å². The summed E-state index contributed by atoms with van der Waals surface area (Å²) in [6.45, 7) is 0.435. The van der Waals surface area contributed by atoms with Gasteiger partial charge >= 0.3 is 5.97 Å². The molecule has 0 spiro atoms. The second kappa shape index (κ2) is 12.0. The van der Waals surface area contributed by atoms with E-state index in [2.05, 4.69) is 0 Å². The number of esters is 1. The summed E-state index contributed by atoms with van der Waals surface area (Å²) in [5.74, 6) is 0.266. The zero-order valence-electron chi connectivity index (χ0n) is 18.4. The lowest BCUT2D eigenvalue weighted by Gasteiger charge is -2.36. The Morgan fingerprint density at radius 2 is 1.91 bits per heavy atom. The van der Waals surface area contributed by atoms with Crippen molar-refractivity contribution in [1.82, 2.24) is 0 Å². The first-order chi connectivity index (χ1) is 15.9. The summed E-state index contributed by atoms with van der Waals surface area (Å²) in [6, 6.07) is 11.8. The summed E-state index contributed by atoms with van der Waals surface area (Å²) in [6.07, 6.45) is 1.33. The van der Waals surface area contributed by atoms with Crippen LogP contribution in [0, 0.1) is 0 Å². The van der Waals surface area contributed by atoms with Crippen molar-refractivity contribution in [2.45, 2.75) is 50.1 Å². The van der Waals surface area contributed by atoms with E-state index in [4.69, 9.17) is 25.8 Å². The van der Waals surface area contributed by atoms with Crippen LogP contribution in [0.4, 0.5) is 0 Å². The molecular formula is C25H29ClO7. The van der Waals surface area contributed by atoms with Crippen LogP contribution in [0.2, 0.25) is 5.02 Å². The summed E-state index contributed by atoms with van der Waals surface area (Å²) in [4.78, 5) is 12.2. The number of aliphatic hydroxyl groups is 2. The SMILES string of the molecule is COc1ccc(Cl)cc1CCCO[C@H]1C[C@H](O)[C@@H](O)[C@H](OC(=O)/C=C/c2ccc(O)cc2)C1. The lowest BCUT2D eigenvalue weighted by Crippen LogP contribution is -2.48. The zero-order valence-corrected chi connectivity index (χ0v) is 19.1. The fraction of sp³-hybridized carbons (Fsp3) is 0.400. The number of carbonyl (C=O) groups excluding carboxylic acids is 1. The maximum absolute atomic E-state index is 12.2. The molecule has 0 heterocycles. The lowest BCUT2D eigenvalue weighted by atomic mass is 9.89. The number of phenols is 1. The summed E-state index contributed by atoms with van der Waals surface area (Å²) in [5.41, 5.74) is 1.70. The van der Waals surface area contributed by atoms with Gasteiger partial charge in [-0.05, 0) is 60.4 Å². The van der Waals surface area contributed by atoms with Crippen LogP contribution < -0.4 is 4.74 Å². The number of aliphatic hydroxyl groups excluding tert-OH is 2. The highest BCUT2D eigenvalue weighted by Gasteiger charge is 2.38. The molecule has 1 aliphatic rings. The minimum absolute atomic E-state index is 0.131. The summed E-state index contributed by atoms with van der Waals surface area (Å²) in [5, 5.41) is 30.4. The van der Waals surface area contributed by atoms with Crippen LogP contribution in [0.15, 0.2) is 48.5 Å². The van der Waals surface area contributed by atoms with Crippen LogP contribution in [-0.2, 0) is 20.7 Å². The number of ether oxygens (including phenoxy) is 3. The zero-order chi connectivity index (χ0) is 23.8. The van der Waals surface area contributed by atoms with E-state index in [1.165, 1.54) is 18.2 Å². The molecule has 33 heavy (non-hydrogen) atoms. The van der Waals surface area contributed by atoms with Crippen molar-refractivity contribution in [2.24, 2.45) is 0 Å². The second-order valence-electron chi connectivity index (χ2n) is 7.98. The molecule has 1 aliphatic carbocycles. The molecule has 4 atom stereocenters. The Morgan fingerprint density at radius 1 is 1.15 bits per heavy atom. The van der Waals surface area contributed by atoms with Crippen LogP contribution in [0.1, 0.15) is 30.4 Å². The Kier molecular flexibility index (Phi) is 9.14. The van der Waals surface area contributed by atoms with E-state index in [1.54, 1.807) is 31.4 Å². The summed E-state index contributed by atoms with van der Waals surface area (Å²) < 4.78 is 16.6. The van der Waals surface area contributed by atoms with Gasteiger partial charge in [0.15, 0.2) is 0 Å². The van der Waals surface area contributed by atoms with Crippen molar-refractivity contribution < 1.29 is 34.3 Å². The van der Waals surface area contributed by atoms with Crippen molar-refractivity contribution in [1.29, 1.82) is 0 Å². The van der Waals surface area contributed by atoms with Crippen molar-refractivity contribution >= 4 is 23.6 Å². The van der Waals surface area contributed by atoms with E-state index in [-0.39, 0.29) is 24.7 Å². The van der Waals surface area contributed by atoms with Crippen LogP contribution >= 0.6 is 11.6 Å². The summed E-state index contributed by atoms with van der Waals surface area (Å²) in [7, 11) is 1.61. The van der Waals surface area contributed by atoms with E-state index in [0.29, 0.717) is 30.0 Å². The minimum Gasteiger partial charge on any atom is -0.508 e. The van der Waals surface area contributed by atoms with Crippen molar-refractivity contribution in [3.8, 4) is 11.5 Å². The smallest absolute Gasteiger partial charge is 0.331 e. The van der Waals surface area contributed by atoms with Gasteiger partial charge in [0.1, 0.15) is 23.7 Å². The van der Waals surface area contributed by atoms with E-state index in [1.807, 2.05) is 12.1 Å². The Labute approximate surface area is 198 Å². The molecule has 0 unspecified atom stereocenters. The third kappa shape index (κ3) is 7.47. The molecule has 0 aromatic heterocycles. The first-order valence-electron chi connectivity index (χ1n) is 10.8. The normalized spacial score (nSPS) is 22.9. The van der Waals surface area contributed by atoms with Gasteiger partial charge in [-0.3, -0.25) is 0 Å². The molecule has 2 aromatic rings. The Morgan fingerprint density at radius 3 is 2.64 bits per heavy atom. The van der Waals surface area contributed by atoms with E-state index < -0.39 is 24.3 Å². The molecule has 3 rings (SSSR count). The van der Waals surface area contributed by atoms with Crippen LogP contribution in [-0.4, -0.2) is 59.4 Å². The first kappa shape index (κ1) is 25.1. The van der Waals surface area contributed by atoms with Gasteiger partial charge < -0.3 is 29.5 Å². The number of methoxy groups -OCH3 is 1. The van der Waals surface area contributed by atoms with Crippen molar-refractivity contribution in [3.63, 3.8) is 0 Å². The molecule has 0 bridgehead atoms. The Bertz CT molecular complexity index is 944. The predicted molar refractivity (Wildman–Crippen MR) is 124 cm³/mol. The van der Waals surface area contributed by atoms with Gasteiger partial charge in [-0.25, -0.2) is 4.79 Å². The Balaban J connectivity index is 1.48. The quantitative estimate of drug-likeness (QED) is 0.289. The van der Waals surface area contributed by atoms with Gasteiger partial charge in [-0.2, -0.15) is 0 Å². The van der Waals surface area contributed by atoms with Crippen LogP contribution in [0.25, 0.3) is 6.08 Å². The molecule has 1 fully saturated rings. The number of rotatable bonds is 9. The molecule has 0 aliphatic heterocycles. The van der Waals surface area contributed by atoms with E-state index in [9.17, 15) is 20.1 Å². The number of benzene rings is 2. The molecule has 1 saturated carbocycles. The van der Waals surface area contributed by atoms with Gasteiger partial charge in [0.25, 0.3) is 0 Å². The molecule has 8 heteroatoms. The number of phenolic OH excluding ortho intramolecular Hbond substituents is 1. The van der Waals surface area contributed by atoms with Gasteiger partial charge in [0.2, 0.25) is 0 Å². The van der Waals surface area contributed by atoms with Crippen LogP contribution in [0.5, 0.6) is 11.5 Å². The third-order valence-corrected chi connectivity index (χ3v) is 5.77. The monoisotopic (exact) mass is 476 g/mol. The topological polar surface area (TPSA) is 105 Å². The number of carbonyl (C=O) groups is 1. The molecular weight excluding hydrogens is 448 g/mol. The standard InChI is InChI=1S/C25H29ClO7/c1-31-22-10-7-18(26)13-17(22)3-2-12-32-20-14-21(28)25(30)23(15-20)33-24(29)11-6-16-4-8-19(27)9-5-16/h4-11,13,20-21,23,25,27-28,30H,2-3,12,14-15H2,1H3/b11-6+/t20-,21-,23+,25+/m0/s1. The predicted octanol–water partition coefficient (Wildman–Crippen LogP) is 3.51. The fourth-order valence-electron chi connectivity index (χ4n) is 3.80. The molecule has 7 nitrogen and oxygen atoms in total. The maximum Gasteiger partial charge on any atom is 0.331 e. The maximum atomic E-state index is 12.2. The third-order valence-electron chi connectivity index (χ3n) is 5.53. The average Bonchev–Trinajstić information content (AvgIpc) is 2.79. The van der Waals surface area contributed by atoms with Crippen LogP contribution in [0.3, 0.4) is 0 Å². The molecule has 178 valence electrons. The number of hydrogen-bond acceptors (Lipinski definition) is 7. The van der Waals surface area contributed by atoms with Crippen molar-refractivity contribution in [3.05, 3.63) is 64.7 Å². The molecule has 3 N–H and O–H groups in total. The highest BCUT2D eigenvalue weighted by atomic mass is 35.5. The van der Waals surface area contributed by atoms with Crippen molar-refractivity contribution in [2.75, 3.05) is 13.7 Å². The van der Waals surface area contributed by atoms with Gasteiger partial charge in [0.05, 0.1) is 19.3 Å². The molecule has 0 saturated heterocycles. The molecule has 0 radical (unpaired) electrons. The Hall–Kier alpha value is -2.58. The highest BCUT2D eigenvalue weighted by molar-refractivity contribution is 6.30. The largest absolute Gasteiger partial charge is 0.508 e. The number of hydrogen-bond donors (Lipinski definition) is 3. The number of aromatic hydroxyl groups is 1. The number of halogens is 1. The lowest BCUT2D eigenvalue weighted by molar-refractivity contribution is -0.170. The fourth-order valence-corrected chi connectivity index (χ4v) is 3.99. The molecule has 2 aromatic carbocycles. The van der Waals surface area contributed by atoms with Gasteiger partial charge in [0, 0.05) is 30.5 Å². The number of aryl methyl sites for hydroxylation is 1. The first-order valence-corrected chi connectivity index (χ1v) is 11.2. The highest BCUT2D eigenvalue weighted by Crippen LogP contribution is 2.27. The van der Waals surface area contributed by atoms with Gasteiger partial charge in [-0.15, -0.1) is 0 Å². The second-order valence-corrected chi connectivity index (χ2v) is 8.42. The van der Waals surface area contributed by atoms with E-state index in [0.717, 1.165) is 11.3 Å². The minimum atomic E-state index is -1.17. The summed E-state index contributed by atoms with van der Waals surface area (Å²) >= 11 is 6.06. The average molecular weight is 477 g/mol. The van der Waals surface area contributed by atoms with Gasteiger partial charge in [-0.1, -0.05) is 23.7 Å².